The first-order valence-electron chi connectivity index (χ1n) is 8.52. The van der Waals surface area contributed by atoms with Crippen molar-refractivity contribution in [3.05, 3.63) is 83.8 Å². The number of benzene rings is 2. The molecule has 130 valence electrons. The van der Waals surface area contributed by atoms with Crippen LogP contribution in [0.15, 0.2) is 66.9 Å². The average Bonchev–Trinajstić information content (AvgIpc) is 2.98. The molecule has 3 aromatic rings. The summed E-state index contributed by atoms with van der Waals surface area (Å²) in [6.07, 6.45) is 2.57. The molecule has 4 nitrogen and oxygen atoms in total. The molecule has 1 atom stereocenters. The van der Waals surface area contributed by atoms with Gasteiger partial charge in [-0.15, -0.1) is 0 Å². The summed E-state index contributed by atoms with van der Waals surface area (Å²) in [6.45, 7) is 2.16. The topological polar surface area (TPSA) is 45.2 Å². The van der Waals surface area contributed by atoms with Crippen molar-refractivity contribution >= 4 is 23.1 Å². The number of hydrogen-bond donors (Lipinski definition) is 1. The molecule has 1 aliphatic heterocycles. The van der Waals surface area contributed by atoms with Gasteiger partial charge in [-0.25, -0.2) is 9.37 Å². The predicted octanol–water partition coefficient (Wildman–Crippen LogP) is 4.56. The fourth-order valence-electron chi connectivity index (χ4n) is 3.36. The maximum absolute atomic E-state index is 13.7. The fraction of sp³-hybridized carbons (Fsp3) is 0.143. The number of hydrogen-bond acceptors (Lipinski definition) is 3. The van der Waals surface area contributed by atoms with Crippen molar-refractivity contribution < 1.29 is 9.18 Å². The Morgan fingerprint density at radius 2 is 1.88 bits per heavy atom. The SMILES string of the molecule is CC1Cc2ccccc2N1c1ccc(NC(=O)c2ccccc2F)cn1. The Labute approximate surface area is 151 Å². The molecule has 1 unspecified atom stereocenters. The van der Waals surface area contributed by atoms with Crippen LogP contribution in [0.5, 0.6) is 0 Å². The number of halogens is 1. The predicted molar refractivity (Wildman–Crippen MR) is 100 cm³/mol. The third-order valence-electron chi connectivity index (χ3n) is 4.58. The highest BCUT2D eigenvalue weighted by atomic mass is 19.1. The summed E-state index contributed by atoms with van der Waals surface area (Å²) in [5.74, 6) is -0.207. The summed E-state index contributed by atoms with van der Waals surface area (Å²) in [5, 5.41) is 2.69. The standard InChI is InChI=1S/C21H18FN3O/c1-14-12-15-6-2-5-9-19(15)25(14)20-11-10-16(13-23-20)24-21(26)17-7-3-4-8-18(17)22/h2-11,13-14H,12H2,1H3,(H,24,26). The maximum atomic E-state index is 13.7. The molecule has 0 fully saturated rings. The van der Waals surface area contributed by atoms with E-state index in [1.165, 1.54) is 17.7 Å². The largest absolute Gasteiger partial charge is 0.323 e. The van der Waals surface area contributed by atoms with Gasteiger partial charge in [-0.1, -0.05) is 30.3 Å². The molecule has 1 amide bonds. The lowest BCUT2D eigenvalue weighted by Crippen LogP contribution is -2.24. The van der Waals surface area contributed by atoms with Crippen LogP contribution in [0, 0.1) is 5.82 Å². The van der Waals surface area contributed by atoms with E-state index in [-0.39, 0.29) is 5.56 Å². The molecule has 0 bridgehead atoms. The number of aromatic nitrogens is 1. The van der Waals surface area contributed by atoms with Gasteiger partial charge in [0.15, 0.2) is 0 Å². The first kappa shape index (κ1) is 16.3. The average molecular weight is 347 g/mol. The molecule has 5 heteroatoms. The molecule has 1 N–H and O–H groups in total. The van der Waals surface area contributed by atoms with Gasteiger partial charge in [-0.2, -0.15) is 0 Å². The Hall–Kier alpha value is -3.21. The second-order valence-electron chi connectivity index (χ2n) is 6.39. The minimum atomic E-state index is -0.544. The van der Waals surface area contributed by atoms with Crippen LogP contribution in [0.4, 0.5) is 21.6 Å². The Bertz CT molecular complexity index is 955. The lowest BCUT2D eigenvalue weighted by molar-refractivity contribution is 0.102. The van der Waals surface area contributed by atoms with Gasteiger partial charge in [-0.05, 0) is 49.2 Å². The van der Waals surface area contributed by atoms with Crippen LogP contribution in [0.2, 0.25) is 0 Å². The molecule has 0 radical (unpaired) electrons. The highest BCUT2D eigenvalue weighted by Gasteiger charge is 2.27. The van der Waals surface area contributed by atoms with E-state index in [1.807, 2.05) is 18.2 Å². The molecule has 2 heterocycles. The van der Waals surface area contributed by atoms with Gasteiger partial charge >= 0.3 is 0 Å². The van der Waals surface area contributed by atoms with Crippen molar-refractivity contribution in [1.29, 1.82) is 0 Å². The van der Waals surface area contributed by atoms with E-state index in [2.05, 4.69) is 34.3 Å². The lowest BCUT2D eigenvalue weighted by atomic mass is 10.1. The van der Waals surface area contributed by atoms with Gasteiger partial charge in [0, 0.05) is 11.7 Å². The van der Waals surface area contributed by atoms with Gasteiger partial charge in [0.2, 0.25) is 0 Å². The molecule has 0 saturated carbocycles. The normalized spacial score (nSPS) is 15.6. The Morgan fingerprint density at radius 1 is 1.12 bits per heavy atom. The summed E-state index contributed by atoms with van der Waals surface area (Å²) >= 11 is 0. The third kappa shape index (κ3) is 2.92. The van der Waals surface area contributed by atoms with E-state index in [0.717, 1.165) is 17.9 Å². The number of pyridine rings is 1. The van der Waals surface area contributed by atoms with E-state index in [0.29, 0.717) is 11.7 Å². The van der Waals surface area contributed by atoms with Crippen LogP contribution < -0.4 is 10.2 Å². The molecular weight excluding hydrogens is 329 g/mol. The molecule has 2 aromatic carbocycles. The smallest absolute Gasteiger partial charge is 0.258 e. The number of nitrogens with one attached hydrogen (secondary N) is 1. The summed E-state index contributed by atoms with van der Waals surface area (Å²) < 4.78 is 13.7. The first-order chi connectivity index (χ1) is 12.6. The number of amides is 1. The summed E-state index contributed by atoms with van der Waals surface area (Å²) in [7, 11) is 0. The van der Waals surface area contributed by atoms with Crippen LogP contribution >= 0.6 is 0 Å². The Morgan fingerprint density at radius 3 is 2.65 bits per heavy atom. The van der Waals surface area contributed by atoms with E-state index >= 15 is 0 Å². The lowest BCUT2D eigenvalue weighted by Gasteiger charge is -2.24. The second kappa shape index (κ2) is 6.59. The summed E-state index contributed by atoms with van der Waals surface area (Å²) in [5.41, 5.74) is 3.01. The van der Waals surface area contributed by atoms with E-state index in [4.69, 9.17) is 0 Å². The molecule has 26 heavy (non-hydrogen) atoms. The number of nitrogens with zero attached hydrogens (tertiary/aromatic N) is 2. The highest BCUT2D eigenvalue weighted by molar-refractivity contribution is 6.04. The van der Waals surface area contributed by atoms with Crippen molar-refractivity contribution in [2.75, 3.05) is 10.2 Å². The molecular formula is C21H18FN3O. The minimum absolute atomic E-state index is 0.0127. The number of fused-ring (bicyclic) bond motifs is 1. The van der Waals surface area contributed by atoms with Crippen LogP contribution in [0.3, 0.4) is 0 Å². The quantitative estimate of drug-likeness (QED) is 0.756. The van der Waals surface area contributed by atoms with Crippen LogP contribution in [-0.4, -0.2) is 16.9 Å². The zero-order valence-corrected chi connectivity index (χ0v) is 14.3. The number of para-hydroxylation sites is 1. The van der Waals surface area contributed by atoms with Crippen molar-refractivity contribution in [2.24, 2.45) is 0 Å². The Kier molecular flexibility index (Phi) is 4.13. The van der Waals surface area contributed by atoms with Gasteiger partial charge < -0.3 is 10.2 Å². The summed E-state index contributed by atoms with van der Waals surface area (Å²) in [6, 6.07) is 18.2. The van der Waals surface area contributed by atoms with Crippen LogP contribution in [0.1, 0.15) is 22.8 Å². The van der Waals surface area contributed by atoms with Gasteiger partial charge in [-0.3, -0.25) is 4.79 Å². The number of rotatable bonds is 3. The number of anilines is 3. The third-order valence-corrected chi connectivity index (χ3v) is 4.58. The van der Waals surface area contributed by atoms with Crippen molar-refractivity contribution in [2.45, 2.75) is 19.4 Å². The van der Waals surface area contributed by atoms with E-state index < -0.39 is 11.7 Å². The highest BCUT2D eigenvalue weighted by Crippen LogP contribution is 2.37. The van der Waals surface area contributed by atoms with Crippen molar-refractivity contribution in [1.82, 2.24) is 4.98 Å². The summed E-state index contributed by atoms with van der Waals surface area (Å²) in [4.78, 5) is 18.9. The zero-order valence-electron chi connectivity index (χ0n) is 14.3. The minimum Gasteiger partial charge on any atom is -0.323 e. The van der Waals surface area contributed by atoms with E-state index in [1.54, 1.807) is 24.4 Å². The number of carbonyl (C=O) groups is 1. The van der Waals surface area contributed by atoms with E-state index in [9.17, 15) is 9.18 Å². The van der Waals surface area contributed by atoms with Crippen LogP contribution in [-0.2, 0) is 6.42 Å². The van der Waals surface area contributed by atoms with Gasteiger partial charge in [0.25, 0.3) is 5.91 Å². The molecule has 0 saturated heterocycles. The molecule has 4 rings (SSSR count). The molecule has 1 aromatic heterocycles. The Balaban J connectivity index is 1.54. The maximum Gasteiger partial charge on any atom is 0.258 e. The monoisotopic (exact) mass is 347 g/mol. The van der Waals surface area contributed by atoms with Gasteiger partial charge in [0.05, 0.1) is 17.4 Å². The van der Waals surface area contributed by atoms with Crippen LogP contribution in [0.25, 0.3) is 0 Å². The van der Waals surface area contributed by atoms with Crippen molar-refractivity contribution in [3.63, 3.8) is 0 Å². The zero-order chi connectivity index (χ0) is 18.1. The van der Waals surface area contributed by atoms with Gasteiger partial charge in [0.1, 0.15) is 11.6 Å². The first-order valence-corrected chi connectivity index (χ1v) is 8.52. The molecule has 0 spiro atoms. The fourth-order valence-corrected chi connectivity index (χ4v) is 3.36. The second-order valence-corrected chi connectivity index (χ2v) is 6.39. The molecule has 1 aliphatic rings. The van der Waals surface area contributed by atoms with Crippen molar-refractivity contribution in [3.8, 4) is 0 Å². The number of carbonyl (C=O) groups excluding carboxylic acids is 1. The molecule has 0 aliphatic carbocycles.